The maximum absolute atomic E-state index is 13.0. The van der Waals surface area contributed by atoms with Crippen molar-refractivity contribution in [1.82, 2.24) is 9.80 Å². The molecule has 1 heterocycles. The highest BCUT2D eigenvalue weighted by Gasteiger charge is 2.23. The Labute approximate surface area is 213 Å². The SMILES string of the molecule is CCCC(C)CN1CCN(C(=O)c2ccc(NC(=O)Cc3cccc4ccccc34)c(Cl)c2)CC1. The van der Waals surface area contributed by atoms with Crippen molar-refractivity contribution >= 4 is 39.9 Å². The molecule has 2 amide bonds. The van der Waals surface area contributed by atoms with Gasteiger partial charge in [0.05, 0.1) is 17.1 Å². The minimum absolute atomic E-state index is 0.0122. The lowest BCUT2D eigenvalue weighted by Gasteiger charge is -2.36. The molecule has 1 aliphatic rings. The van der Waals surface area contributed by atoms with E-state index in [2.05, 4.69) is 24.1 Å². The molecule has 3 aromatic rings. The molecule has 0 aromatic heterocycles. The van der Waals surface area contributed by atoms with Crippen molar-refractivity contribution < 1.29 is 9.59 Å². The number of anilines is 1. The Morgan fingerprint density at radius 2 is 1.74 bits per heavy atom. The van der Waals surface area contributed by atoms with Gasteiger partial charge in [-0.25, -0.2) is 0 Å². The number of nitrogens with zero attached hydrogens (tertiary/aromatic N) is 2. The molecular weight excluding hydrogens is 458 g/mol. The molecule has 0 bridgehead atoms. The van der Waals surface area contributed by atoms with Gasteiger partial charge in [0, 0.05) is 38.3 Å². The molecule has 0 radical (unpaired) electrons. The fourth-order valence-electron chi connectivity index (χ4n) is 4.90. The van der Waals surface area contributed by atoms with E-state index in [1.807, 2.05) is 47.4 Å². The van der Waals surface area contributed by atoms with E-state index >= 15 is 0 Å². The molecule has 4 rings (SSSR count). The lowest BCUT2D eigenvalue weighted by Crippen LogP contribution is -2.49. The molecule has 184 valence electrons. The summed E-state index contributed by atoms with van der Waals surface area (Å²) in [7, 11) is 0. The molecule has 3 aromatic carbocycles. The third-order valence-electron chi connectivity index (χ3n) is 6.73. The van der Waals surface area contributed by atoms with Crippen LogP contribution in [0, 0.1) is 5.92 Å². The van der Waals surface area contributed by atoms with E-state index in [1.165, 1.54) is 12.8 Å². The van der Waals surface area contributed by atoms with Crippen LogP contribution in [0.5, 0.6) is 0 Å². The van der Waals surface area contributed by atoms with Gasteiger partial charge in [-0.1, -0.05) is 74.3 Å². The van der Waals surface area contributed by atoms with Crippen LogP contribution >= 0.6 is 11.6 Å². The van der Waals surface area contributed by atoms with Crippen LogP contribution < -0.4 is 5.32 Å². The summed E-state index contributed by atoms with van der Waals surface area (Å²) in [6, 6.07) is 19.1. The molecule has 1 atom stereocenters. The average Bonchev–Trinajstić information content (AvgIpc) is 2.86. The molecule has 0 aliphatic carbocycles. The predicted octanol–water partition coefficient (Wildman–Crippen LogP) is 5.87. The fourth-order valence-corrected chi connectivity index (χ4v) is 5.13. The van der Waals surface area contributed by atoms with Gasteiger partial charge in [-0.05, 0) is 46.9 Å². The zero-order chi connectivity index (χ0) is 24.8. The Morgan fingerprint density at radius 3 is 2.49 bits per heavy atom. The minimum atomic E-state index is -0.143. The molecule has 6 heteroatoms. The van der Waals surface area contributed by atoms with Gasteiger partial charge in [0.1, 0.15) is 0 Å². The number of hydrogen-bond acceptors (Lipinski definition) is 3. The number of halogens is 1. The standard InChI is InChI=1S/C29H34ClN3O2/c1-3-7-21(2)20-32-14-16-33(17-15-32)29(35)24-12-13-27(26(30)18-24)31-28(34)19-23-10-6-9-22-8-4-5-11-25(22)23/h4-6,8-13,18,21H,3,7,14-17,19-20H2,1-2H3,(H,31,34). The first kappa shape index (κ1) is 25.2. The summed E-state index contributed by atoms with van der Waals surface area (Å²) in [6.45, 7) is 8.85. The molecular formula is C29H34ClN3O2. The molecule has 0 saturated carbocycles. The summed E-state index contributed by atoms with van der Waals surface area (Å²) in [5.41, 5.74) is 2.03. The van der Waals surface area contributed by atoms with Crippen LogP contribution in [0.3, 0.4) is 0 Å². The maximum Gasteiger partial charge on any atom is 0.253 e. The van der Waals surface area contributed by atoms with Gasteiger partial charge in [0.25, 0.3) is 5.91 Å². The normalized spacial score (nSPS) is 15.2. The number of carbonyl (C=O) groups is 2. The quantitative estimate of drug-likeness (QED) is 0.429. The summed E-state index contributed by atoms with van der Waals surface area (Å²) in [4.78, 5) is 30.1. The molecule has 1 N–H and O–H groups in total. The first-order valence-electron chi connectivity index (χ1n) is 12.5. The highest BCUT2D eigenvalue weighted by Crippen LogP contribution is 2.25. The zero-order valence-electron chi connectivity index (χ0n) is 20.6. The summed E-state index contributed by atoms with van der Waals surface area (Å²) >= 11 is 6.47. The average molecular weight is 492 g/mol. The fraction of sp³-hybridized carbons (Fsp3) is 0.379. The lowest BCUT2D eigenvalue weighted by atomic mass is 10.0. The van der Waals surface area contributed by atoms with E-state index in [4.69, 9.17) is 11.6 Å². The Morgan fingerprint density at radius 1 is 1.00 bits per heavy atom. The van der Waals surface area contributed by atoms with Gasteiger partial charge in [-0.15, -0.1) is 0 Å². The Balaban J connectivity index is 1.34. The van der Waals surface area contributed by atoms with Gasteiger partial charge >= 0.3 is 0 Å². The number of fused-ring (bicyclic) bond motifs is 1. The van der Waals surface area contributed by atoms with Crippen LogP contribution in [0.25, 0.3) is 10.8 Å². The summed E-state index contributed by atoms with van der Waals surface area (Å²) in [5, 5.41) is 5.44. The van der Waals surface area contributed by atoms with Crippen LogP contribution in [0.1, 0.15) is 42.6 Å². The molecule has 1 unspecified atom stereocenters. The molecule has 1 aliphatic heterocycles. The number of hydrogen-bond donors (Lipinski definition) is 1. The summed E-state index contributed by atoms with van der Waals surface area (Å²) < 4.78 is 0. The van der Waals surface area contributed by atoms with Crippen molar-refractivity contribution in [3.05, 3.63) is 76.8 Å². The zero-order valence-corrected chi connectivity index (χ0v) is 21.4. The van der Waals surface area contributed by atoms with E-state index in [1.54, 1.807) is 18.2 Å². The maximum atomic E-state index is 13.0. The van der Waals surface area contributed by atoms with E-state index in [-0.39, 0.29) is 18.2 Å². The summed E-state index contributed by atoms with van der Waals surface area (Å²) in [6.07, 6.45) is 2.70. The number of piperazine rings is 1. The molecule has 5 nitrogen and oxygen atoms in total. The second-order valence-corrected chi connectivity index (χ2v) is 9.95. The third-order valence-corrected chi connectivity index (χ3v) is 7.04. The van der Waals surface area contributed by atoms with Gasteiger partial charge in [-0.3, -0.25) is 14.5 Å². The molecule has 35 heavy (non-hydrogen) atoms. The first-order valence-corrected chi connectivity index (χ1v) is 12.9. The molecule has 0 spiro atoms. The largest absolute Gasteiger partial charge is 0.336 e. The number of carbonyl (C=O) groups excluding carboxylic acids is 2. The van der Waals surface area contributed by atoms with Crippen molar-refractivity contribution in [2.45, 2.75) is 33.1 Å². The first-order chi connectivity index (χ1) is 16.9. The Bertz CT molecular complexity index is 1180. The number of rotatable bonds is 8. The van der Waals surface area contributed by atoms with Crippen molar-refractivity contribution in [3.8, 4) is 0 Å². The second kappa shape index (κ2) is 11.7. The van der Waals surface area contributed by atoms with Gasteiger partial charge < -0.3 is 10.2 Å². The van der Waals surface area contributed by atoms with Crippen LogP contribution in [0.4, 0.5) is 5.69 Å². The highest BCUT2D eigenvalue weighted by molar-refractivity contribution is 6.34. The Kier molecular flexibility index (Phi) is 8.42. The van der Waals surface area contributed by atoms with Crippen LogP contribution in [-0.4, -0.2) is 54.3 Å². The topological polar surface area (TPSA) is 52.6 Å². The highest BCUT2D eigenvalue weighted by atomic mass is 35.5. The van der Waals surface area contributed by atoms with E-state index < -0.39 is 0 Å². The minimum Gasteiger partial charge on any atom is -0.336 e. The van der Waals surface area contributed by atoms with Crippen molar-refractivity contribution in [2.75, 3.05) is 38.0 Å². The lowest BCUT2D eigenvalue weighted by molar-refractivity contribution is -0.115. The number of benzene rings is 3. The van der Waals surface area contributed by atoms with Crippen molar-refractivity contribution in [1.29, 1.82) is 0 Å². The van der Waals surface area contributed by atoms with Crippen molar-refractivity contribution in [3.63, 3.8) is 0 Å². The van der Waals surface area contributed by atoms with E-state index in [0.717, 1.165) is 49.1 Å². The van der Waals surface area contributed by atoms with E-state index in [0.29, 0.717) is 22.2 Å². The second-order valence-electron chi connectivity index (χ2n) is 9.54. The molecule has 1 saturated heterocycles. The van der Waals surface area contributed by atoms with Crippen LogP contribution in [0.2, 0.25) is 5.02 Å². The smallest absolute Gasteiger partial charge is 0.253 e. The van der Waals surface area contributed by atoms with Gasteiger partial charge in [0.2, 0.25) is 5.91 Å². The third kappa shape index (κ3) is 6.41. The van der Waals surface area contributed by atoms with Gasteiger partial charge in [-0.2, -0.15) is 0 Å². The predicted molar refractivity (Wildman–Crippen MR) is 144 cm³/mol. The Hall–Kier alpha value is -2.89. The number of amides is 2. The van der Waals surface area contributed by atoms with Gasteiger partial charge in [0.15, 0.2) is 0 Å². The van der Waals surface area contributed by atoms with Crippen LogP contribution in [0.15, 0.2) is 60.7 Å². The van der Waals surface area contributed by atoms with Crippen molar-refractivity contribution in [2.24, 2.45) is 5.92 Å². The van der Waals surface area contributed by atoms with E-state index in [9.17, 15) is 9.59 Å². The molecule has 1 fully saturated rings. The van der Waals surface area contributed by atoms with Crippen LogP contribution in [-0.2, 0) is 11.2 Å². The monoisotopic (exact) mass is 491 g/mol. The summed E-state index contributed by atoms with van der Waals surface area (Å²) in [5.74, 6) is 0.530. The number of nitrogens with one attached hydrogen (secondary N) is 1.